The molecule has 2 rings (SSSR count). The summed E-state index contributed by atoms with van der Waals surface area (Å²) in [6.07, 6.45) is 2.98. The Morgan fingerprint density at radius 3 is 2.72 bits per heavy atom. The molecule has 1 fully saturated rings. The molecule has 2 heterocycles. The van der Waals surface area contributed by atoms with Gasteiger partial charge in [-0.3, -0.25) is 4.79 Å². The van der Waals surface area contributed by atoms with E-state index < -0.39 is 0 Å². The number of piperidine rings is 1. The molecule has 1 aliphatic heterocycles. The van der Waals surface area contributed by atoms with Crippen LogP contribution in [0.15, 0.2) is 12.3 Å². The lowest BCUT2D eigenvalue weighted by Gasteiger charge is -2.32. The van der Waals surface area contributed by atoms with E-state index in [0.29, 0.717) is 43.0 Å². The Kier molecular flexibility index (Phi) is 3.33. The van der Waals surface area contributed by atoms with Crippen LogP contribution in [-0.2, 0) is 4.79 Å². The van der Waals surface area contributed by atoms with Crippen molar-refractivity contribution in [3.8, 4) is 6.07 Å². The van der Waals surface area contributed by atoms with Gasteiger partial charge in [-0.05, 0) is 18.9 Å². The van der Waals surface area contributed by atoms with Crippen LogP contribution in [0, 0.1) is 17.2 Å². The summed E-state index contributed by atoms with van der Waals surface area (Å²) in [5.41, 5.74) is 12.0. The molecule has 18 heavy (non-hydrogen) atoms. The third-order valence-electron chi connectivity index (χ3n) is 3.29. The molecule has 0 unspecified atom stereocenters. The number of hydrogen-bond acceptors (Lipinski definition) is 5. The van der Waals surface area contributed by atoms with Crippen LogP contribution in [0.25, 0.3) is 0 Å². The number of nitrogens with zero attached hydrogens (tertiary/aromatic N) is 3. The minimum absolute atomic E-state index is 0.0679. The van der Waals surface area contributed by atoms with Gasteiger partial charge in [-0.1, -0.05) is 0 Å². The number of primary amides is 1. The maximum Gasteiger partial charge on any atom is 0.220 e. The van der Waals surface area contributed by atoms with Crippen LogP contribution in [0.5, 0.6) is 0 Å². The zero-order chi connectivity index (χ0) is 13.1. The van der Waals surface area contributed by atoms with E-state index in [-0.39, 0.29) is 11.8 Å². The molecule has 0 aliphatic carbocycles. The number of carbonyl (C=O) groups is 1. The SMILES string of the molecule is N#Cc1ccnc(N2CCC(C(N)=O)CC2)c1N. The molecule has 1 aromatic rings. The Morgan fingerprint density at radius 1 is 1.50 bits per heavy atom. The summed E-state index contributed by atoms with van der Waals surface area (Å²) in [6.45, 7) is 1.36. The van der Waals surface area contributed by atoms with E-state index >= 15 is 0 Å². The van der Waals surface area contributed by atoms with Crippen molar-refractivity contribution in [2.45, 2.75) is 12.8 Å². The highest BCUT2D eigenvalue weighted by Gasteiger charge is 2.25. The number of rotatable bonds is 2. The number of amides is 1. The van der Waals surface area contributed by atoms with Crippen molar-refractivity contribution >= 4 is 17.4 Å². The van der Waals surface area contributed by atoms with E-state index in [1.807, 2.05) is 11.0 Å². The van der Waals surface area contributed by atoms with Gasteiger partial charge in [0.05, 0.1) is 11.3 Å². The van der Waals surface area contributed by atoms with Gasteiger partial charge in [0.2, 0.25) is 5.91 Å². The summed E-state index contributed by atoms with van der Waals surface area (Å²) < 4.78 is 0. The van der Waals surface area contributed by atoms with E-state index in [9.17, 15) is 4.79 Å². The minimum Gasteiger partial charge on any atom is -0.395 e. The highest BCUT2D eigenvalue weighted by Crippen LogP contribution is 2.27. The summed E-state index contributed by atoms with van der Waals surface area (Å²) >= 11 is 0. The summed E-state index contributed by atoms with van der Waals surface area (Å²) in [5, 5.41) is 8.92. The summed E-state index contributed by atoms with van der Waals surface area (Å²) in [7, 11) is 0. The fourth-order valence-corrected chi connectivity index (χ4v) is 2.19. The lowest BCUT2D eigenvalue weighted by atomic mass is 9.96. The van der Waals surface area contributed by atoms with Gasteiger partial charge in [-0.25, -0.2) is 4.98 Å². The van der Waals surface area contributed by atoms with Crippen LogP contribution in [0.1, 0.15) is 18.4 Å². The molecule has 0 bridgehead atoms. The smallest absolute Gasteiger partial charge is 0.220 e. The number of anilines is 2. The normalized spacial score (nSPS) is 16.3. The second kappa shape index (κ2) is 4.92. The van der Waals surface area contributed by atoms with Gasteiger partial charge in [0.15, 0.2) is 5.82 Å². The zero-order valence-electron chi connectivity index (χ0n) is 9.97. The summed E-state index contributed by atoms with van der Waals surface area (Å²) in [5.74, 6) is 0.306. The molecule has 1 amide bonds. The van der Waals surface area contributed by atoms with Crippen molar-refractivity contribution < 1.29 is 4.79 Å². The first-order valence-electron chi connectivity index (χ1n) is 5.82. The molecule has 0 atom stereocenters. The lowest BCUT2D eigenvalue weighted by Crippen LogP contribution is -2.39. The second-order valence-corrected chi connectivity index (χ2v) is 4.37. The van der Waals surface area contributed by atoms with Crippen molar-refractivity contribution in [3.63, 3.8) is 0 Å². The molecular weight excluding hydrogens is 230 g/mol. The molecule has 0 spiro atoms. The highest BCUT2D eigenvalue weighted by molar-refractivity contribution is 5.77. The fourth-order valence-electron chi connectivity index (χ4n) is 2.19. The largest absolute Gasteiger partial charge is 0.395 e. The van der Waals surface area contributed by atoms with Gasteiger partial charge < -0.3 is 16.4 Å². The van der Waals surface area contributed by atoms with Crippen LogP contribution in [0.3, 0.4) is 0 Å². The molecule has 0 aromatic carbocycles. The van der Waals surface area contributed by atoms with Crippen molar-refractivity contribution in [1.29, 1.82) is 5.26 Å². The molecule has 1 saturated heterocycles. The first-order valence-corrected chi connectivity index (χ1v) is 5.82. The standard InChI is InChI=1S/C12H15N5O/c13-7-9-1-4-16-12(10(9)14)17-5-2-8(3-6-17)11(15)18/h1,4,8H,2-3,5-6,14H2,(H2,15,18). The number of aromatic nitrogens is 1. The predicted octanol–water partition coefficient (Wildman–Crippen LogP) is 0.237. The van der Waals surface area contributed by atoms with Gasteiger partial charge >= 0.3 is 0 Å². The van der Waals surface area contributed by atoms with Crippen LogP contribution >= 0.6 is 0 Å². The summed E-state index contributed by atoms with van der Waals surface area (Å²) in [4.78, 5) is 17.3. The van der Waals surface area contributed by atoms with Crippen LogP contribution < -0.4 is 16.4 Å². The molecular formula is C12H15N5O. The quantitative estimate of drug-likeness (QED) is 0.775. The van der Waals surface area contributed by atoms with E-state index in [4.69, 9.17) is 16.7 Å². The molecule has 1 aromatic heterocycles. The molecule has 4 N–H and O–H groups in total. The van der Waals surface area contributed by atoms with E-state index in [1.165, 1.54) is 0 Å². The number of nitrogen functional groups attached to an aromatic ring is 1. The molecule has 6 heteroatoms. The zero-order valence-corrected chi connectivity index (χ0v) is 9.97. The minimum atomic E-state index is -0.249. The third kappa shape index (κ3) is 2.20. The third-order valence-corrected chi connectivity index (χ3v) is 3.29. The second-order valence-electron chi connectivity index (χ2n) is 4.37. The van der Waals surface area contributed by atoms with Gasteiger partial charge in [-0.15, -0.1) is 0 Å². The fraction of sp³-hybridized carbons (Fsp3) is 0.417. The van der Waals surface area contributed by atoms with Crippen LogP contribution in [-0.4, -0.2) is 24.0 Å². The Hall–Kier alpha value is -2.29. The maximum absolute atomic E-state index is 11.1. The number of nitrogens with two attached hydrogens (primary N) is 2. The summed E-state index contributed by atoms with van der Waals surface area (Å²) in [6, 6.07) is 3.63. The Morgan fingerprint density at radius 2 is 2.17 bits per heavy atom. The monoisotopic (exact) mass is 245 g/mol. The topological polar surface area (TPSA) is 109 Å². The van der Waals surface area contributed by atoms with Crippen molar-refractivity contribution in [2.24, 2.45) is 11.7 Å². The number of nitriles is 1. The van der Waals surface area contributed by atoms with Gasteiger partial charge in [-0.2, -0.15) is 5.26 Å². The van der Waals surface area contributed by atoms with E-state index in [0.717, 1.165) is 0 Å². The Bertz CT molecular complexity index is 500. The Balaban J connectivity index is 2.15. The van der Waals surface area contributed by atoms with Crippen LogP contribution in [0.4, 0.5) is 11.5 Å². The van der Waals surface area contributed by atoms with E-state index in [2.05, 4.69) is 4.98 Å². The number of pyridine rings is 1. The van der Waals surface area contributed by atoms with Crippen molar-refractivity contribution in [1.82, 2.24) is 4.98 Å². The van der Waals surface area contributed by atoms with Crippen LogP contribution in [0.2, 0.25) is 0 Å². The van der Waals surface area contributed by atoms with Gasteiger partial charge in [0.1, 0.15) is 6.07 Å². The first kappa shape index (κ1) is 12.2. The number of hydrogen-bond donors (Lipinski definition) is 2. The highest BCUT2D eigenvalue weighted by atomic mass is 16.1. The maximum atomic E-state index is 11.1. The van der Waals surface area contributed by atoms with Gasteiger partial charge in [0, 0.05) is 25.2 Å². The van der Waals surface area contributed by atoms with Crippen molar-refractivity contribution in [2.75, 3.05) is 23.7 Å². The average Bonchev–Trinajstić information content (AvgIpc) is 2.39. The molecule has 0 radical (unpaired) electrons. The van der Waals surface area contributed by atoms with E-state index in [1.54, 1.807) is 12.3 Å². The number of carbonyl (C=O) groups excluding carboxylic acids is 1. The first-order chi connectivity index (χ1) is 8.63. The molecule has 1 aliphatic rings. The van der Waals surface area contributed by atoms with Crippen molar-refractivity contribution in [3.05, 3.63) is 17.8 Å². The lowest BCUT2D eigenvalue weighted by molar-refractivity contribution is -0.122. The molecule has 6 nitrogen and oxygen atoms in total. The molecule has 94 valence electrons. The predicted molar refractivity (Wildman–Crippen MR) is 67.5 cm³/mol. The average molecular weight is 245 g/mol. The van der Waals surface area contributed by atoms with Gasteiger partial charge in [0.25, 0.3) is 0 Å². The Labute approximate surface area is 105 Å². The molecule has 0 saturated carbocycles.